The van der Waals surface area contributed by atoms with Gasteiger partial charge in [0.1, 0.15) is 5.75 Å². The van der Waals surface area contributed by atoms with Gasteiger partial charge in [0.05, 0.1) is 5.56 Å². The third-order valence-corrected chi connectivity index (χ3v) is 3.47. The van der Waals surface area contributed by atoms with E-state index in [0.29, 0.717) is 18.7 Å². The van der Waals surface area contributed by atoms with Crippen molar-refractivity contribution in [2.24, 2.45) is 0 Å². The Morgan fingerprint density at radius 3 is 2.50 bits per heavy atom. The highest BCUT2D eigenvalue weighted by molar-refractivity contribution is 9.10. The molecule has 0 unspecified atom stereocenters. The predicted octanol–water partition coefficient (Wildman–Crippen LogP) is 1.96. The number of hydrogen-bond acceptors (Lipinski definition) is 3. The molecule has 6 heteroatoms. The van der Waals surface area contributed by atoms with E-state index in [1.807, 2.05) is 7.05 Å². The van der Waals surface area contributed by atoms with Crippen LogP contribution in [0.3, 0.4) is 0 Å². The number of aromatic hydroxyl groups is 1. The first-order valence-corrected chi connectivity index (χ1v) is 6.33. The minimum Gasteiger partial charge on any atom is -0.507 e. The zero-order valence-electron chi connectivity index (χ0n) is 10.1. The highest BCUT2D eigenvalue weighted by Crippen LogP contribution is 2.23. The quantitative estimate of drug-likeness (QED) is 0.853. The molecule has 100 valence electrons. The zero-order valence-corrected chi connectivity index (χ0v) is 12.5. The van der Waals surface area contributed by atoms with E-state index in [0.717, 1.165) is 17.6 Å². The molecule has 0 spiro atoms. The Kier molecular flexibility index (Phi) is 5.44. The third kappa shape index (κ3) is 3.37. The third-order valence-electron chi connectivity index (χ3n) is 2.98. The van der Waals surface area contributed by atoms with E-state index in [1.165, 1.54) is 6.07 Å². The Bertz CT molecular complexity index is 434. The molecule has 0 aromatic heterocycles. The average Bonchev–Trinajstić information content (AvgIpc) is 2.32. The number of rotatable bonds is 1. The summed E-state index contributed by atoms with van der Waals surface area (Å²) in [5.41, 5.74) is 0.365. The minimum atomic E-state index is -0.100. The summed E-state index contributed by atoms with van der Waals surface area (Å²) in [6.45, 7) is 3.17. The van der Waals surface area contributed by atoms with Gasteiger partial charge in [-0.05, 0) is 25.2 Å². The normalized spacial score (nSPS) is 16.2. The molecule has 0 bridgehead atoms. The van der Waals surface area contributed by atoms with Crippen LogP contribution in [0.15, 0.2) is 22.7 Å². The second-order valence-corrected chi connectivity index (χ2v) is 5.17. The smallest absolute Gasteiger partial charge is 0.257 e. The summed E-state index contributed by atoms with van der Waals surface area (Å²) in [6, 6.07) is 4.92. The molecule has 0 atom stereocenters. The molecule has 1 aromatic carbocycles. The number of nitrogens with zero attached hydrogens (tertiary/aromatic N) is 2. The lowest BCUT2D eigenvalue weighted by Gasteiger charge is -2.32. The van der Waals surface area contributed by atoms with Gasteiger partial charge in [-0.15, -0.1) is 12.4 Å². The predicted molar refractivity (Wildman–Crippen MR) is 76.5 cm³/mol. The summed E-state index contributed by atoms with van der Waals surface area (Å²) >= 11 is 3.31. The van der Waals surface area contributed by atoms with Crippen LogP contribution in [-0.2, 0) is 0 Å². The molecule has 2 rings (SSSR count). The van der Waals surface area contributed by atoms with Crippen LogP contribution in [0.25, 0.3) is 0 Å². The first-order chi connectivity index (χ1) is 8.08. The maximum Gasteiger partial charge on any atom is 0.257 e. The molecular weight excluding hydrogens is 320 g/mol. The summed E-state index contributed by atoms with van der Waals surface area (Å²) in [7, 11) is 2.04. The average molecular weight is 336 g/mol. The molecule has 0 radical (unpaired) electrons. The fourth-order valence-corrected chi connectivity index (χ4v) is 2.22. The van der Waals surface area contributed by atoms with Gasteiger partial charge in [-0.2, -0.15) is 0 Å². The van der Waals surface area contributed by atoms with Gasteiger partial charge in [-0.3, -0.25) is 4.79 Å². The number of carbonyl (C=O) groups is 1. The second kappa shape index (κ2) is 6.41. The number of halogens is 2. The molecule has 0 saturated carbocycles. The van der Waals surface area contributed by atoms with Gasteiger partial charge >= 0.3 is 0 Å². The number of hydrogen-bond donors (Lipinski definition) is 1. The maximum atomic E-state index is 12.2. The Morgan fingerprint density at radius 2 is 1.89 bits per heavy atom. The zero-order chi connectivity index (χ0) is 12.4. The van der Waals surface area contributed by atoms with Gasteiger partial charge in [0.25, 0.3) is 5.91 Å². The Balaban J connectivity index is 0.00000162. The van der Waals surface area contributed by atoms with Gasteiger partial charge in [-0.1, -0.05) is 15.9 Å². The summed E-state index contributed by atoms with van der Waals surface area (Å²) < 4.78 is 0.799. The molecule has 1 aromatic rings. The Labute approximate surface area is 121 Å². The molecule has 18 heavy (non-hydrogen) atoms. The van der Waals surface area contributed by atoms with Crippen molar-refractivity contribution in [3.8, 4) is 5.75 Å². The van der Waals surface area contributed by atoms with E-state index in [1.54, 1.807) is 17.0 Å². The molecule has 1 fully saturated rings. The number of phenolic OH excluding ortho intramolecular Hbond substituents is 1. The number of likely N-dealkylation sites (N-methyl/N-ethyl adjacent to an activating group) is 1. The molecule has 4 nitrogen and oxygen atoms in total. The van der Waals surface area contributed by atoms with E-state index < -0.39 is 0 Å². The number of amides is 1. The molecule has 1 N–H and O–H groups in total. The van der Waals surface area contributed by atoms with Gasteiger partial charge in [0.15, 0.2) is 0 Å². The number of phenols is 1. The largest absolute Gasteiger partial charge is 0.507 e. The molecule has 0 aliphatic carbocycles. The summed E-state index contributed by atoms with van der Waals surface area (Å²) in [5, 5.41) is 9.71. The van der Waals surface area contributed by atoms with Gasteiger partial charge in [0, 0.05) is 30.7 Å². The number of carbonyl (C=O) groups excluding carboxylic acids is 1. The molecule has 1 heterocycles. The van der Waals surface area contributed by atoms with Crippen LogP contribution < -0.4 is 0 Å². The number of piperazine rings is 1. The lowest BCUT2D eigenvalue weighted by Crippen LogP contribution is -2.47. The van der Waals surface area contributed by atoms with Crippen molar-refractivity contribution in [3.05, 3.63) is 28.2 Å². The Morgan fingerprint density at radius 1 is 1.28 bits per heavy atom. The topological polar surface area (TPSA) is 43.8 Å². The van der Waals surface area contributed by atoms with Crippen LogP contribution in [0.2, 0.25) is 0 Å². The Hall–Kier alpha value is -0.780. The molecule has 1 amide bonds. The lowest BCUT2D eigenvalue weighted by atomic mass is 10.1. The van der Waals surface area contributed by atoms with Crippen molar-refractivity contribution in [3.63, 3.8) is 0 Å². The van der Waals surface area contributed by atoms with Crippen molar-refractivity contribution in [1.29, 1.82) is 0 Å². The van der Waals surface area contributed by atoms with Crippen LogP contribution in [0.4, 0.5) is 0 Å². The van der Waals surface area contributed by atoms with Crippen molar-refractivity contribution >= 4 is 34.2 Å². The van der Waals surface area contributed by atoms with E-state index in [9.17, 15) is 9.90 Å². The first-order valence-electron chi connectivity index (χ1n) is 5.54. The monoisotopic (exact) mass is 334 g/mol. The van der Waals surface area contributed by atoms with E-state index in [4.69, 9.17) is 0 Å². The van der Waals surface area contributed by atoms with Crippen LogP contribution in [0.1, 0.15) is 10.4 Å². The molecule has 1 saturated heterocycles. The van der Waals surface area contributed by atoms with Crippen LogP contribution >= 0.6 is 28.3 Å². The van der Waals surface area contributed by atoms with E-state index in [-0.39, 0.29) is 24.1 Å². The van der Waals surface area contributed by atoms with Crippen molar-refractivity contribution < 1.29 is 9.90 Å². The van der Waals surface area contributed by atoms with Crippen molar-refractivity contribution in [2.75, 3.05) is 33.2 Å². The van der Waals surface area contributed by atoms with E-state index in [2.05, 4.69) is 20.8 Å². The first kappa shape index (κ1) is 15.3. The fourth-order valence-electron chi connectivity index (χ4n) is 1.86. The van der Waals surface area contributed by atoms with Gasteiger partial charge in [-0.25, -0.2) is 0 Å². The highest BCUT2D eigenvalue weighted by Gasteiger charge is 2.22. The van der Waals surface area contributed by atoms with Crippen molar-refractivity contribution in [2.45, 2.75) is 0 Å². The van der Waals surface area contributed by atoms with E-state index >= 15 is 0 Å². The van der Waals surface area contributed by atoms with Crippen molar-refractivity contribution in [1.82, 2.24) is 9.80 Å². The molecule has 1 aliphatic heterocycles. The summed E-state index contributed by atoms with van der Waals surface area (Å²) in [5.74, 6) is -0.0611. The standard InChI is InChI=1S/C12H15BrN2O2.ClH/c1-14-4-6-15(7-5-14)12(17)10-8-9(13)2-3-11(10)16;/h2-3,8,16H,4-7H2,1H3;1H. The molecule has 1 aliphatic rings. The second-order valence-electron chi connectivity index (χ2n) is 4.26. The maximum absolute atomic E-state index is 12.2. The van der Waals surface area contributed by atoms with Gasteiger partial charge in [0.2, 0.25) is 0 Å². The summed E-state index contributed by atoms with van der Waals surface area (Å²) in [4.78, 5) is 16.2. The minimum absolute atomic E-state index is 0. The SMILES string of the molecule is CN1CCN(C(=O)c2cc(Br)ccc2O)CC1.Cl. The highest BCUT2D eigenvalue weighted by atomic mass is 79.9. The molecular formula is C12H16BrClN2O2. The van der Waals surface area contributed by atoms with Crippen LogP contribution in [0.5, 0.6) is 5.75 Å². The van der Waals surface area contributed by atoms with Crippen LogP contribution in [-0.4, -0.2) is 54.0 Å². The fraction of sp³-hybridized carbons (Fsp3) is 0.417. The lowest BCUT2D eigenvalue weighted by molar-refractivity contribution is 0.0661. The van der Waals surface area contributed by atoms with Crippen LogP contribution in [0, 0.1) is 0 Å². The summed E-state index contributed by atoms with van der Waals surface area (Å²) in [6.07, 6.45) is 0. The van der Waals surface area contributed by atoms with Gasteiger partial charge < -0.3 is 14.9 Å². The number of benzene rings is 1.